The monoisotopic (exact) mass is 232 g/mol. The first-order valence-electron chi connectivity index (χ1n) is 5.78. The van der Waals surface area contributed by atoms with Crippen LogP contribution in [0.2, 0.25) is 0 Å². The highest BCUT2D eigenvalue weighted by atomic mass is 16.5. The summed E-state index contributed by atoms with van der Waals surface area (Å²) in [4.78, 5) is 22.3. The van der Waals surface area contributed by atoms with Gasteiger partial charge in [-0.1, -0.05) is 0 Å². The Kier molecular flexibility index (Phi) is 2.35. The molecule has 3 rings (SSSR count). The van der Waals surface area contributed by atoms with Crippen molar-refractivity contribution in [1.29, 1.82) is 0 Å². The molecule has 4 nitrogen and oxygen atoms in total. The van der Waals surface area contributed by atoms with Crippen molar-refractivity contribution in [2.45, 2.75) is 31.8 Å². The molecule has 1 fully saturated rings. The number of carbonyl (C=O) groups is 1. The van der Waals surface area contributed by atoms with Crippen molar-refractivity contribution < 1.29 is 13.9 Å². The molecule has 1 saturated carbocycles. The molecule has 1 atom stereocenters. The third-order valence-corrected chi connectivity index (χ3v) is 3.28. The summed E-state index contributed by atoms with van der Waals surface area (Å²) in [5.41, 5.74) is 1.10. The lowest BCUT2D eigenvalue weighted by molar-refractivity contribution is 0.109. The van der Waals surface area contributed by atoms with Crippen LogP contribution in [0.3, 0.4) is 0 Å². The lowest BCUT2D eigenvalue weighted by Crippen LogP contribution is -2.27. The fourth-order valence-electron chi connectivity index (χ4n) is 2.43. The van der Waals surface area contributed by atoms with Crippen LogP contribution in [0.1, 0.15) is 41.8 Å². The van der Waals surface area contributed by atoms with E-state index in [1.54, 1.807) is 0 Å². The molecule has 0 N–H and O–H groups in total. The molecule has 1 aliphatic heterocycles. The molecule has 17 heavy (non-hydrogen) atoms. The highest BCUT2D eigenvalue weighted by Gasteiger charge is 2.27. The molecule has 2 heterocycles. The van der Waals surface area contributed by atoms with Crippen LogP contribution in [-0.2, 0) is 0 Å². The van der Waals surface area contributed by atoms with Crippen LogP contribution in [0.5, 0.6) is 5.75 Å². The molecule has 88 valence electrons. The van der Waals surface area contributed by atoms with E-state index < -0.39 is 5.63 Å². The Morgan fingerprint density at radius 1 is 1.35 bits per heavy atom. The number of carbonyl (C=O) groups excluding carboxylic acids is 1. The summed E-state index contributed by atoms with van der Waals surface area (Å²) in [5, 5.41) is 0. The van der Waals surface area contributed by atoms with E-state index in [0.29, 0.717) is 17.6 Å². The molecular formula is C13H12O4. The second kappa shape index (κ2) is 3.87. The average molecular weight is 232 g/mol. The zero-order valence-corrected chi connectivity index (χ0v) is 9.27. The maximum absolute atomic E-state index is 11.7. The Bertz CT molecular complexity index is 553. The van der Waals surface area contributed by atoms with Crippen LogP contribution in [0.25, 0.3) is 6.08 Å². The van der Waals surface area contributed by atoms with Gasteiger partial charge in [0.1, 0.15) is 17.4 Å². The minimum atomic E-state index is -0.499. The predicted octanol–water partition coefficient (Wildman–Crippen LogP) is 2.17. The van der Waals surface area contributed by atoms with Crippen molar-refractivity contribution in [1.82, 2.24) is 0 Å². The molecule has 1 aromatic rings. The van der Waals surface area contributed by atoms with E-state index in [9.17, 15) is 9.59 Å². The molecule has 0 unspecified atom stereocenters. The number of aldehydes is 1. The Hall–Kier alpha value is -1.84. The largest absolute Gasteiger partial charge is 0.485 e. The van der Waals surface area contributed by atoms with Crippen molar-refractivity contribution >= 4 is 12.4 Å². The third kappa shape index (κ3) is 1.69. The summed E-state index contributed by atoms with van der Waals surface area (Å²) in [7, 11) is 0. The van der Waals surface area contributed by atoms with E-state index in [-0.39, 0.29) is 11.9 Å². The number of hydrogen-bond acceptors (Lipinski definition) is 4. The van der Waals surface area contributed by atoms with Gasteiger partial charge in [0.15, 0.2) is 12.0 Å². The second-order valence-electron chi connectivity index (χ2n) is 4.40. The van der Waals surface area contributed by atoms with Gasteiger partial charge in [-0.3, -0.25) is 4.79 Å². The maximum Gasteiger partial charge on any atom is 0.347 e. The molecule has 4 heteroatoms. The topological polar surface area (TPSA) is 56.5 Å². The van der Waals surface area contributed by atoms with Crippen LogP contribution < -0.4 is 10.4 Å². The fourth-order valence-corrected chi connectivity index (χ4v) is 2.43. The van der Waals surface area contributed by atoms with Crippen molar-refractivity contribution in [3.8, 4) is 5.75 Å². The molecule has 0 bridgehead atoms. The third-order valence-electron chi connectivity index (χ3n) is 3.28. The van der Waals surface area contributed by atoms with E-state index >= 15 is 0 Å². The highest BCUT2D eigenvalue weighted by Crippen LogP contribution is 2.35. The number of hydrogen-bond donors (Lipinski definition) is 0. The van der Waals surface area contributed by atoms with E-state index in [1.807, 2.05) is 6.08 Å². The van der Waals surface area contributed by atoms with Gasteiger partial charge in [0.2, 0.25) is 0 Å². The first kappa shape index (κ1) is 10.3. The van der Waals surface area contributed by atoms with Crippen LogP contribution in [0.4, 0.5) is 0 Å². The Morgan fingerprint density at radius 3 is 3.06 bits per heavy atom. The molecular weight excluding hydrogens is 220 g/mol. The van der Waals surface area contributed by atoms with Crippen molar-refractivity contribution in [2.24, 2.45) is 0 Å². The summed E-state index contributed by atoms with van der Waals surface area (Å²) in [6.45, 7) is 0. The molecule has 0 amide bonds. The van der Waals surface area contributed by atoms with Crippen molar-refractivity contribution in [3.05, 3.63) is 33.4 Å². The number of fused-ring (bicyclic) bond motifs is 2. The van der Waals surface area contributed by atoms with Crippen LogP contribution >= 0.6 is 0 Å². The van der Waals surface area contributed by atoms with Crippen LogP contribution in [0, 0.1) is 0 Å². The Balaban J connectivity index is 2.12. The summed E-state index contributed by atoms with van der Waals surface area (Å²) in [5.74, 6) is 0.486. The molecule has 2 aliphatic rings. The van der Waals surface area contributed by atoms with E-state index in [1.165, 1.54) is 6.07 Å². The molecule has 0 spiro atoms. The Labute approximate surface area is 97.9 Å². The lowest BCUT2D eigenvalue weighted by Gasteiger charge is -2.30. The normalized spacial score (nSPS) is 21.9. The Morgan fingerprint density at radius 2 is 2.24 bits per heavy atom. The molecule has 0 radical (unpaired) electrons. The van der Waals surface area contributed by atoms with E-state index in [2.05, 4.69) is 0 Å². The zero-order valence-electron chi connectivity index (χ0n) is 9.27. The first-order chi connectivity index (χ1) is 8.28. The van der Waals surface area contributed by atoms with Crippen LogP contribution in [0.15, 0.2) is 20.9 Å². The SMILES string of the molecule is O=Cc1cc2c(c(=O)o1)C=C1CCCC[C@@H]1O2. The van der Waals surface area contributed by atoms with Gasteiger partial charge in [-0.25, -0.2) is 4.79 Å². The van der Waals surface area contributed by atoms with Gasteiger partial charge in [0.05, 0.1) is 0 Å². The number of ether oxygens (including phenoxy) is 1. The summed E-state index contributed by atoms with van der Waals surface area (Å²) >= 11 is 0. The second-order valence-corrected chi connectivity index (χ2v) is 4.40. The van der Waals surface area contributed by atoms with Gasteiger partial charge < -0.3 is 9.15 Å². The fraction of sp³-hybridized carbons (Fsp3) is 0.385. The lowest BCUT2D eigenvalue weighted by atomic mass is 9.89. The van der Waals surface area contributed by atoms with Gasteiger partial charge in [0, 0.05) is 6.07 Å². The standard InChI is InChI=1S/C13H12O4/c14-7-9-6-12-10(13(15)16-9)5-8-3-1-2-4-11(8)17-12/h5-7,11H,1-4H2/t11-/m0/s1. The maximum atomic E-state index is 11.7. The molecule has 1 aliphatic carbocycles. The molecule has 0 saturated heterocycles. The van der Waals surface area contributed by atoms with Gasteiger partial charge in [-0.05, 0) is 37.3 Å². The first-order valence-corrected chi connectivity index (χ1v) is 5.78. The minimum Gasteiger partial charge on any atom is -0.485 e. The minimum absolute atomic E-state index is 0.0152. The van der Waals surface area contributed by atoms with Crippen molar-refractivity contribution in [2.75, 3.05) is 0 Å². The van der Waals surface area contributed by atoms with E-state index in [0.717, 1.165) is 31.3 Å². The number of rotatable bonds is 1. The smallest absolute Gasteiger partial charge is 0.347 e. The average Bonchev–Trinajstić information content (AvgIpc) is 2.36. The summed E-state index contributed by atoms with van der Waals surface area (Å²) in [6, 6.07) is 1.49. The predicted molar refractivity (Wildman–Crippen MR) is 61.2 cm³/mol. The molecule has 0 aromatic carbocycles. The van der Waals surface area contributed by atoms with Gasteiger partial charge in [-0.15, -0.1) is 0 Å². The van der Waals surface area contributed by atoms with Crippen LogP contribution in [-0.4, -0.2) is 12.4 Å². The van der Waals surface area contributed by atoms with Gasteiger partial charge in [-0.2, -0.15) is 0 Å². The van der Waals surface area contributed by atoms with E-state index in [4.69, 9.17) is 9.15 Å². The summed E-state index contributed by atoms with van der Waals surface area (Å²) in [6.07, 6.45) is 6.67. The zero-order chi connectivity index (χ0) is 11.8. The summed E-state index contributed by atoms with van der Waals surface area (Å²) < 4.78 is 10.6. The van der Waals surface area contributed by atoms with Gasteiger partial charge >= 0.3 is 5.63 Å². The quantitative estimate of drug-likeness (QED) is 0.696. The molecule has 1 aromatic heterocycles. The van der Waals surface area contributed by atoms with Crippen molar-refractivity contribution in [3.63, 3.8) is 0 Å². The highest BCUT2D eigenvalue weighted by molar-refractivity contribution is 5.73. The van der Waals surface area contributed by atoms with Gasteiger partial charge in [0.25, 0.3) is 0 Å².